The summed E-state index contributed by atoms with van der Waals surface area (Å²) in [6.45, 7) is 3.41. The molecule has 0 spiro atoms. The molecule has 3 heterocycles. The van der Waals surface area contributed by atoms with Gasteiger partial charge in [-0.2, -0.15) is 0 Å². The highest BCUT2D eigenvalue weighted by molar-refractivity contribution is 5.84. The van der Waals surface area contributed by atoms with Crippen molar-refractivity contribution < 1.29 is 4.74 Å². The zero-order valence-corrected chi connectivity index (χ0v) is 13.1. The number of benzene rings is 1. The highest BCUT2D eigenvalue weighted by Crippen LogP contribution is 2.32. The minimum atomic E-state index is 0.674. The number of fused-ring (bicyclic) bond motifs is 2. The van der Waals surface area contributed by atoms with Crippen LogP contribution in [0, 0.1) is 5.92 Å². The van der Waals surface area contributed by atoms with Gasteiger partial charge in [0, 0.05) is 23.5 Å². The van der Waals surface area contributed by atoms with E-state index in [0.29, 0.717) is 5.92 Å². The monoisotopic (exact) mass is 296 g/mol. The Labute approximate surface area is 132 Å². The summed E-state index contributed by atoms with van der Waals surface area (Å²) in [4.78, 5) is 7.19. The molecule has 0 radical (unpaired) electrons. The van der Waals surface area contributed by atoms with Crippen LogP contribution in [0.5, 0.6) is 5.75 Å². The number of ether oxygens (including phenoxy) is 1. The maximum Gasteiger partial charge on any atom is 0.145 e. The predicted molar refractivity (Wildman–Crippen MR) is 89.2 cm³/mol. The zero-order valence-electron chi connectivity index (χ0n) is 13.1. The van der Waals surface area contributed by atoms with Crippen LogP contribution in [-0.4, -0.2) is 35.6 Å². The Morgan fingerprint density at radius 2 is 1.95 bits per heavy atom. The molecule has 1 aromatic heterocycles. The average Bonchev–Trinajstić information content (AvgIpc) is 2.60. The van der Waals surface area contributed by atoms with Gasteiger partial charge in [0.25, 0.3) is 0 Å². The lowest BCUT2D eigenvalue weighted by Crippen LogP contribution is -2.49. The molecule has 116 valence electrons. The van der Waals surface area contributed by atoms with Crippen LogP contribution in [-0.2, 0) is 0 Å². The van der Waals surface area contributed by atoms with E-state index in [0.717, 1.165) is 29.3 Å². The molecular formula is C19H24N2O. The van der Waals surface area contributed by atoms with Crippen molar-refractivity contribution in [3.63, 3.8) is 0 Å². The van der Waals surface area contributed by atoms with Crippen LogP contribution in [0.25, 0.3) is 10.9 Å². The van der Waals surface area contributed by atoms with E-state index in [-0.39, 0.29) is 0 Å². The van der Waals surface area contributed by atoms with Crippen molar-refractivity contribution in [3.8, 4) is 5.75 Å². The van der Waals surface area contributed by atoms with Gasteiger partial charge in [-0.05, 0) is 50.9 Å². The fraction of sp³-hybridized carbons (Fsp3) is 0.526. The Morgan fingerprint density at radius 3 is 2.95 bits per heavy atom. The van der Waals surface area contributed by atoms with Gasteiger partial charge in [0.05, 0.1) is 6.61 Å². The van der Waals surface area contributed by atoms with E-state index in [1.165, 1.54) is 45.2 Å². The summed E-state index contributed by atoms with van der Waals surface area (Å²) < 4.78 is 6.22. The van der Waals surface area contributed by atoms with Gasteiger partial charge in [-0.1, -0.05) is 24.6 Å². The third kappa shape index (κ3) is 2.70. The van der Waals surface area contributed by atoms with Crippen LogP contribution in [0.2, 0.25) is 0 Å². The molecule has 0 amide bonds. The van der Waals surface area contributed by atoms with Gasteiger partial charge in [-0.3, -0.25) is 9.88 Å². The van der Waals surface area contributed by atoms with Gasteiger partial charge >= 0.3 is 0 Å². The number of para-hydroxylation sites is 1. The molecule has 3 nitrogen and oxygen atoms in total. The first-order valence-corrected chi connectivity index (χ1v) is 8.62. The van der Waals surface area contributed by atoms with E-state index in [4.69, 9.17) is 4.74 Å². The van der Waals surface area contributed by atoms with Gasteiger partial charge in [-0.25, -0.2) is 0 Å². The van der Waals surface area contributed by atoms with Gasteiger partial charge in [0.1, 0.15) is 11.3 Å². The van der Waals surface area contributed by atoms with E-state index in [1.54, 1.807) is 0 Å². The van der Waals surface area contributed by atoms with Crippen LogP contribution in [0.3, 0.4) is 0 Å². The van der Waals surface area contributed by atoms with Crippen LogP contribution < -0.4 is 4.74 Å². The standard InChI is InChI=1S/C19H24N2O/c1-2-12-21-13-5-8-16(17(21)9-1)14-22-18-10-3-6-15-7-4-11-20-19(15)18/h3-4,6-7,10-11,16-17H,1-2,5,8-9,12-14H2/t16-,17-/m0/s1. The molecule has 0 aliphatic carbocycles. The molecule has 2 fully saturated rings. The highest BCUT2D eigenvalue weighted by Gasteiger charge is 2.33. The lowest BCUT2D eigenvalue weighted by molar-refractivity contribution is 0.0368. The number of piperidine rings is 2. The lowest BCUT2D eigenvalue weighted by Gasteiger charge is -2.44. The summed E-state index contributed by atoms with van der Waals surface area (Å²) >= 11 is 0. The molecule has 0 unspecified atom stereocenters. The Morgan fingerprint density at radius 1 is 1.05 bits per heavy atom. The summed E-state index contributed by atoms with van der Waals surface area (Å²) in [6, 6.07) is 11.0. The number of hydrogen-bond donors (Lipinski definition) is 0. The van der Waals surface area contributed by atoms with Gasteiger partial charge in [0.2, 0.25) is 0 Å². The normalized spacial score (nSPS) is 25.8. The van der Waals surface area contributed by atoms with Crippen molar-refractivity contribution in [2.75, 3.05) is 19.7 Å². The van der Waals surface area contributed by atoms with Crippen molar-refractivity contribution in [2.24, 2.45) is 5.92 Å². The number of aromatic nitrogens is 1. The summed E-state index contributed by atoms with van der Waals surface area (Å²) in [5, 5.41) is 1.16. The number of hydrogen-bond acceptors (Lipinski definition) is 3. The lowest BCUT2D eigenvalue weighted by atomic mass is 9.84. The minimum Gasteiger partial charge on any atom is -0.491 e. The summed E-state index contributed by atoms with van der Waals surface area (Å²) in [5.41, 5.74) is 0.987. The highest BCUT2D eigenvalue weighted by atomic mass is 16.5. The third-order valence-electron chi connectivity index (χ3n) is 5.28. The second-order valence-corrected chi connectivity index (χ2v) is 6.64. The fourth-order valence-corrected chi connectivity index (χ4v) is 4.16. The Hall–Kier alpha value is -1.61. The summed E-state index contributed by atoms with van der Waals surface area (Å²) in [7, 11) is 0. The molecular weight excluding hydrogens is 272 g/mol. The summed E-state index contributed by atoms with van der Waals surface area (Å²) in [5.74, 6) is 1.61. The molecule has 2 atom stereocenters. The van der Waals surface area contributed by atoms with Crippen LogP contribution in [0.4, 0.5) is 0 Å². The molecule has 4 rings (SSSR count). The molecule has 3 heteroatoms. The predicted octanol–water partition coefficient (Wildman–Crippen LogP) is 3.88. The van der Waals surface area contributed by atoms with Gasteiger partial charge in [0.15, 0.2) is 0 Å². The van der Waals surface area contributed by atoms with E-state index in [1.807, 2.05) is 12.3 Å². The van der Waals surface area contributed by atoms with Crippen LogP contribution >= 0.6 is 0 Å². The maximum atomic E-state index is 6.22. The molecule has 0 N–H and O–H groups in total. The van der Waals surface area contributed by atoms with E-state index >= 15 is 0 Å². The van der Waals surface area contributed by atoms with Gasteiger partial charge in [-0.15, -0.1) is 0 Å². The molecule has 2 aliphatic rings. The molecule has 0 saturated carbocycles. The van der Waals surface area contributed by atoms with Crippen molar-refractivity contribution in [3.05, 3.63) is 36.5 Å². The van der Waals surface area contributed by atoms with Gasteiger partial charge < -0.3 is 4.74 Å². The quantitative estimate of drug-likeness (QED) is 0.859. The second-order valence-electron chi connectivity index (χ2n) is 6.64. The average molecular weight is 296 g/mol. The maximum absolute atomic E-state index is 6.22. The smallest absolute Gasteiger partial charge is 0.145 e. The van der Waals surface area contributed by atoms with Crippen molar-refractivity contribution in [1.82, 2.24) is 9.88 Å². The topological polar surface area (TPSA) is 25.4 Å². The SMILES string of the molecule is c1cnc2c(OC[C@@H]3CCCN4CCCC[C@@H]34)cccc2c1. The second kappa shape index (κ2) is 6.25. The summed E-state index contributed by atoms with van der Waals surface area (Å²) in [6.07, 6.45) is 8.57. The Bertz CT molecular complexity index is 635. The van der Waals surface area contributed by atoms with E-state index < -0.39 is 0 Å². The Balaban J connectivity index is 1.49. The first-order chi connectivity index (χ1) is 10.9. The molecule has 2 saturated heterocycles. The van der Waals surface area contributed by atoms with Crippen molar-refractivity contribution >= 4 is 10.9 Å². The number of nitrogens with zero attached hydrogens (tertiary/aromatic N) is 2. The molecule has 0 bridgehead atoms. The van der Waals surface area contributed by atoms with Crippen LogP contribution in [0.1, 0.15) is 32.1 Å². The fourth-order valence-electron chi connectivity index (χ4n) is 4.16. The largest absolute Gasteiger partial charge is 0.491 e. The molecule has 22 heavy (non-hydrogen) atoms. The Kier molecular flexibility index (Phi) is 3.98. The number of rotatable bonds is 3. The zero-order chi connectivity index (χ0) is 14.8. The third-order valence-corrected chi connectivity index (χ3v) is 5.28. The molecule has 2 aromatic rings. The van der Waals surface area contributed by atoms with Crippen molar-refractivity contribution in [1.29, 1.82) is 0 Å². The number of pyridine rings is 1. The first kappa shape index (κ1) is 14.0. The molecule has 1 aromatic carbocycles. The minimum absolute atomic E-state index is 0.674. The van der Waals surface area contributed by atoms with Crippen LogP contribution in [0.15, 0.2) is 36.5 Å². The van der Waals surface area contributed by atoms with Crippen molar-refractivity contribution in [2.45, 2.75) is 38.1 Å². The first-order valence-electron chi connectivity index (χ1n) is 8.62. The van der Waals surface area contributed by atoms with E-state index in [2.05, 4.69) is 34.1 Å². The molecule has 2 aliphatic heterocycles. The van der Waals surface area contributed by atoms with E-state index in [9.17, 15) is 0 Å².